The molecule has 0 aromatic heterocycles. The summed E-state index contributed by atoms with van der Waals surface area (Å²) in [6.45, 7) is 3.45. The third kappa shape index (κ3) is 7.75. The highest BCUT2D eigenvalue weighted by molar-refractivity contribution is 7.83. The van der Waals surface area contributed by atoms with Gasteiger partial charge < -0.3 is 23.7 Å². The molecule has 1 saturated heterocycles. The van der Waals surface area contributed by atoms with Crippen LogP contribution in [-0.4, -0.2) is 74.1 Å². The van der Waals surface area contributed by atoms with Gasteiger partial charge in [0.05, 0.1) is 0 Å². The van der Waals surface area contributed by atoms with Gasteiger partial charge in [0, 0.05) is 34.2 Å². The average Bonchev–Trinajstić information content (AvgIpc) is 2.48. The number of carbonyl (C=O) groups is 4. The van der Waals surface area contributed by atoms with Crippen LogP contribution in [0, 0.1) is 0 Å². The number of carbonyl (C=O) groups excluding carboxylic acids is 4. The Balaban J connectivity index is 3.33. The van der Waals surface area contributed by atoms with Gasteiger partial charge in [-0.2, -0.15) is 13.1 Å². The van der Waals surface area contributed by atoms with E-state index in [-0.39, 0.29) is 0 Å². The van der Waals surface area contributed by atoms with Crippen LogP contribution in [0.3, 0.4) is 0 Å². The fourth-order valence-corrected chi connectivity index (χ4v) is 2.84. The van der Waals surface area contributed by atoms with E-state index in [1.165, 1.54) is 0 Å². The number of hydrogen-bond donors (Lipinski definition) is 2. The van der Waals surface area contributed by atoms with E-state index in [1.807, 2.05) is 0 Å². The maximum Gasteiger partial charge on any atom is 0.333 e. The molecule has 1 aliphatic rings. The number of nitrogens with one attached hydrogen (secondary N) is 1. The largest absolute Gasteiger partial charge is 0.456 e. The van der Waals surface area contributed by atoms with Crippen molar-refractivity contribution < 1.29 is 55.8 Å². The molecule has 0 radical (unpaired) electrons. The molecular weight excluding hydrogens is 406 g/mol. The first-order valence-corrected chi connectivity index (χ1v) is 9.30. The summed E-state index contributed by atoms with van der Waals surface area (Å²) in [6, 6.07) is 0. The molecule has 1 fully saturated rings. The van der Waals surface area contributed by atoms with Crippen LogP contribution in [0.1, 0.15) is 27.7 Å². The van der Waals surface area contributed by atoms with Gasteiger partial charge in [-0.05, 0) is 0 Å². The SMILES string of the molecule is CC(=O)OC1O[C@H](CNS(=O)(=O)O)[C@@H](OC(C)=O)[C@H](OC(C)=O)[C@@H]1OC(C)=O. The maximum absolute atomic E-state index is 11.5. The fourth-order valence-electron chi connectivity index (χ4n) is 2.47. The lowest BCUT2D eigenvalue weighted by Gasteiger charge is -2.43. The van der Waals surface area contributed by atoms with Crippen molar-refractivity contribution in [2.45, 2.75) is 58.4 Å². The van der Waals surface area contributed by atoms with Gasteiger partial charge >= 0.3 is 34.2 Å². The van der Waals surface area contributed by atoms with E-state index in [4.69, 9.17) is 28.2 Å². The third-order valence-corrected chi connectivity index (χ3v) is 3.78. The minimum atomic E-state index is -4.66. The Kier molecular flexibility index (Phi) is 8.29. The monoisotopic (exact) mass is 427 g/mol. The van der Waals surface area contributed by atoms with E-state index >= 15 is 0 Å². The van der Waals surface area contributed by atoms with Crippen LogP contribution in [0.25, 0.3) is 0 Å². The highest BCUT2D eigenvalue weighted by Crippen LogP contribution is 2.29. The van der Waals surface area contributed by atoms with E-state index in [1.54, 1.807) is 4.72 Å². The number of rotatable bonds is 7. The molecule has 1 rings (SSSR count). The Hall–Kier alpha value is -2.29. The summed E-state index contributed by atoms with van der Waals surface area (Å²) in [7, 11) is -4.66. The molecule has 0 aliphatic carbocycles. The van der Waals surface area contributed by atoms with Crippen LogP contribution < -0.4 is 4.72 Å². The standard InChI is InChI=1S/C14H21NO12S/c1-6(16)23-11-10(5-15-28(20,21)22)27-14(26-9(4)19)13(25-8(3)18)12(11)24-7(2)17/h10-15H,5H2,1-4H3,(H,20,21,22)/t10-,11-,12+,13+,14?/m1/s1. The molecule has 0 saturated carbocycles. The topological polar surface area (TPSA) is 181 Å². The molecule has 14 heteroatoms. The predicted molar refractivity (Wildman–Crippen MR) is 86.6 cm³/mol. The molecule has 0 spiro atoms. The second kappa shape index (κ2) is 9.77. The zero-order chi connectivity index (χ0) is 21.6. The average molecular weight is 427 g/mol. The van der Waals surface area contributed by atoms with Crippen molar-refractivity contribution in [1.29, 1.82) is 0 Å². The second-order valence-electron chi connectivity index (χ2n) is 5.70. The molecule has 160 valence electrons. The predicted octanol–water partition coefficient (Wildman–Crippen LogP) is -1.54. The molecule has 1 aliphatic heterocycles. The summed E-state index contributed by atoms with van der Waals surface area (Å²) >= 11 is 0. The van der Waals surface area contributed by atoms with Crippen LogP contribution in [0.5, 0.6) is 0 Å². The summed E-state index contributed by atoms with van der Waals surface area (Å²) in [5.74, 6) is -3.41. The van der Waals surface area contributed by atoms with Crippen LogP contribution in [0.15, 0.2) is 0 Å². The van der Waals surface area contributed by atoms with Crippen LogP contribution >= 0.6 is 0 Å². The fraction of sp³-hybridized carbons (Fsp3) is 0.714. The van der Waals surface area contributed by atoms with Gasteiger partial charge in [-0.15, -0.1) is 0 Å². The van der Waals surface area contributed by atoms with E-state index in [0.29, 0.717) is 0 Å². The Morgan fingerprint density at radius 1 is 0.821 bits per heavy atom. The Bertz CT molecular complexity index is 720. The van der Waals surface area contributed by atoms with Gasteiger partial charge in [0.1, 0.15) is 6.10 Å². The molecule has 28 heavy (non-hydrogen) atoms. The van der Waals surface area contributed by atoms with Gasteiger partial charge in [0.15, 0.2) is 12.2 Å². The van der Waals surface area contributed by atoms with Crippen molar-refractivity contribution in [2.24, 2.45) is 0 Å². The highest BCUT2D eigenvalue weighted by atomic mass is 32.2. The molecule has 1 heterocycles. The minimum absolute atomic E-state index is 0.654. The van der Waals surface area contributed by atoms with Gasteiger partial charge in [-0.3, -0.25) is 23.7 Å². The lowest BCUT2D eigenvalue weighted by molar-refractivity contribution is -0.294. The third-order valence-electron chi connectivity index (χ3n) is 3.25. The Morgan fingerprint density at radius 3 is 1.68 bits per heavy atom. The maximum atomic E-state index is 11.5. The number of hydrogen-bond acceptors (Lipinski definition) is 11. The number of ether oxygens (including phenoxy) is 5. The zero-order valence-electron chi connectivity index (χ0n) is 15.4. The molecule has 0 bridgehead atoms. The summed E-state index contributed by atoms with van der Waals surface area (Å²) in [5.41, 5.74) is 0. The van der Waals surface area contributed by atoms with Crippen LogP contribution in [0.4, 0.5) is 0 Å². The summed E-state index contributed by atoms with van der Waals surface area (Å²) in [5, 5.41) is 0. The van der Waals surface area contributed by atoms with Crippen molar-refractivity contribution in [3.63, 3.8) is 0 Å². The zero-order valence-corrected chi connectivity index (χ0v) is 16.3. The van der Waals surface area contributed by atoms with Gasteiger partial charge in [0.25, 0.3) is 0 Å². The van der Waals surface area contributed by atoms with Crippen molar-refractivity contribution in [1.82, 2.24) is 4.72 Å². The molecule has 0 amide bonds. The normalized spacial score (nSPS) is 27.4. The van der Waals surface area contributed by atoms with Crippen molar-refractivity contribution in [3.05, 3.63) is 0 Å². The smallest absolute Gasteiger partial charge is 0.333 e. The Labute approximate surface area is 160 Å². The van der Waals surface area contributed by atoms with Crippen molar-refractivity contribution in [2.75, 3.05) is 6.54 Å². The molecular formula is C14H21NO12S. The first kappa shape index (κ1) is 23.7. The van der Waals surface area contributed by atoms with E-state index < -0.39 is 71.4 Å². The van der Waals surface area contributed by atoms with Crippen LogP contribution in [0.2, 0.25) is 0 Å². The summed E-state index contributed by atoms with van der Waals surface area (Å²) < 4.78 is 58.0. The summed E-state index contributed by atoms with van der Waals surface area (Å²) in [6.07, 6.45) is -7.49. The molecule has 1 unspecified atom stereocenters. The molecule has 2 N–H and O–H groups in total. The summed E-state index contributed by atoms with van der Waals surface area (Å²) in [4.78, 5) is 45.8. The molecule has 5 atom stereocenters. The van der Waals surface area contributed by atoms with Gasteiger partial charge in [0.2, 0.25) is 12.4 Å². The van der Waals surface area contributed by atoms with E-state index in [2.05, 4.69) is 0 Å². The molecule has 0 aromatic rings. The molecule has 13 nitrogen and oxygen atoms in total. The Morgan fingerprint density at radius 2 is 1.25 bits per heavy atom. The van der Waals surface area contributed by atoms with E-state index in [0.717, 1.165) is 27.7 Å². The van der Waals surface area contributed by atoms with Crippen molar-refractivity contribution >= 4 is 34.2 Å². The highest BCUT2D eigenvalue weighted by Gasteiger charge is 2.53. The molecule has 0 aromatic carbocycles. The second-order valence-corrected chi connectivity index (χ2v) is 6.94. The number of esters is 4. The van der Waals surface area contributed by atoms with Crippen molar-refractivity contribution in [3.8, 4) is 0 Å². The van der Waals surface area contributed by atoms with E-state index in [9.17, 15) is 27.6 Å². The minimum Gasteiger partial charge on any atom is -0.456 e. The lowest BCUT2D eigenvalue weighted by atomic mass is 9.98. The van der Waals surface area contributed by atoms with Crippen LogP contribution in [-0.2, 0) is 53.2 Å². The first-order chi connectivity index (χ1) is 12.8. The van der Waals surface area contributed by atoms with Gasteiger partial charge in [-0.1, -0.05) is 0 Å². The quantitative estimate of drug-likeness (QED) is 0.272. The van der Waals surface area contributed by atoms with Gasteiger partial charge in [-0.25, -0.2) is 0 Å². The first-order valence-electron chi connectivity index (χ1n) is 7.86. The lowest BCUT2D eigenvalue weighted by Crippen LogP contribution is -2.64.